The zero-order valence-electron chi connectivity index (χ0n) is 6.97. The maximum atomic E-state index is 11.0. The van der Waals surface area contributed by atoms with Crippen LogP contribution in [0.3, 0.4) is 0 Å². The van der Waals surface area contributed by atoms with Crippen LogP contribution in [0, 0.1) is 5.41 Å². The summed E-state index contributed by atoms with van der Waals surface area (Å²) in [4.78, 5) is 14.8. The molecule has 0 aromatic rings. The minimum absolute atomic E-state index is 0.0469. The molecule has 0 unspecified atom stereocenters. The van der Waals surface area contributed by atoms with Crippen molar-refractivity contribution in [1.29, 1.82) is 0 Å². The maximum absolute atomic E-state index is 11.0. The van der Waals surface area contributed by atoms with Crippen molar-refractivity contribution < 1.29 is 4.79 Å². The number of carbonyl (C=O) groups excluding carboxylic acids is 1. The van der Waals surface area contributed by atoms with Gasteiger partial charge in [0.2, 0.25) is 5.91 Å². The molecule has 1 saturated heterocycles. The zero-order valence-corrected chi connectivity index (χ0v) is 6.97. The van der Waals surface area contributed by atoms with Crippen LogP contribution in [-0.4, -0.2) is 24.8 Å². The molecule has 66 valence electrons. The number of aliphatic imine (C=N–C) groups is 1. The average Bonchev–Trinajstić information content (AvgIpc) is 2.29. The van der Waals surface area contributed by atoms with Gasteiger partial charge in [0.1, 0.15) is 5.84 Å². The molecule has 0 radical (unpaired) electrons. The summed E-state index contributed by atoms with van der Waals surface area (Å²) in [5.74, 6) is 0.517. The monoisotopic (exact) mass is 167 g/mol. The number of nitrogens with one attached hydrogen (secondary N) is 1. The van der Waals surface area contributed by atoms with Crippen molar-refractivity contribution in [2.24, 2.45) is 16.1 Å². The fourth-order valence-corrected chi connectivity index (χ4v) is 2.01. The highest BCUT2D eigenvalue weighted by Crippen LogP contribution is 2.36. The van der Waals surface area contributed by atoms with E-state index in [1.165, 1.54) is 0 Å². The molecule has 3 N–H and O–H groups in total. The Morgan fingerprint density at radius 3 is 2.58 bits per heavy atom. The van der Waals surface area contributed by atoms with Crippen LogP contribution in [0.1, 0.15) is 19.3 Å². The first-order chi connectivity index (χ1) is 5.73. The van der Waals surface area contributed by atoms with Crippen molar-refractivity contribution in [3.8, 4) is 0 Å². The summed E-state index contributed by atoms with van der Waals surface area (Å²) in [7, 11) is 0. The lowest BCUT2D eigenvalue weighted by Gasteiger charge is -2.32. The van der Waals surface area contributed by atoms with Crippen molar-refractivity contribution in [2.75, 3.05) is 13.1 Å². The third kappa shape index (κ3) is 1.03. The normalized spacial score (nSPS) is 27.7. The Labute approximate surface area is 71.2 Å². The van der Waals surface area contributed by atoms with Gasteiger partial charge in [-0.1, -0.05) is 0 Å². The van der Waals surface area contributed by atoms with Gasteiger partial charge in [-0.2, -0.15) is 0 Å². The lowest BCUT2D eigenvalue weighted by atomic mass is 9.77. The number of amidine groups is 1. The summed E-state index contributed by atoms with van der Waals surface area (Å²) in [5, 5.41) is 3.25. The Morgan fingerprint density at radius 2 is 2.08 bits per heavy atom. The Hall–Kier alpha value is -0.900. The molecule has 2 rings (SSSR count). The van der Waals surface area contributed by atoms with Crippen molar-refractivity contribution in [3.63, 3.8) is 0 Å². The van der Waals surface area contributed by atoms with Gasteiger partial charge in [-0.15, -0.1) is 0 Å². The summed E-state index contributed by atoms with van der Waals surface area (Å²) in [6, 6.07) is 0. The van der Waals surface area contributed by atoms with E-state index in [2.05, 4.69) is 10.3 Å². The van der Waals surface area contributed by atoms with Crippen molar-refractivity contribution in [3.05, 3.63) is 0 Å². The number of rotatable bonds is 0. The second-order valence-corrected chi connectivity index (χ2v) is 3.60. The molecule has 1 spiro atoms. The average molecular weight is 167 g/mol. The Balaban J connectivity index is 2.21. The maximum Gasteiger partial charge on any atom is 0.248 e. The zero-order chi connectivity index (χ0) is 8.60. The molecule has 0 saturated carbocycles. The molecule has 4 heteroatoms. The lowest BCUT2D eigenvalue weighted by molar-refractivity contribution is -0.118. The Morgan fingerprint density at radius 1 is 1.42 bits per heavy atom. The minimum atomic E-state index is -0.0810. The molecule has 2 aliphatic heterocycles. The first-order valence-electron chi connectivity index (χ1n) is 4.31. The molecule has 0 bridgehead atoms. The van der Waals surface area contributed by atoms with Crippen LogP contribution in [0.4, 0.5) is 0 Å². The van der Waals surface area contributed by atoms with Gasteiger partial charge in [-0.3, -0.25) is 4.79 Å². The largest absolute Gasteiger partial charge is 0.387 e. The number of piperidine rings is 1. The SMILES string of the molecule is NC1=NC(=O)CC12CCNCC2. The molecule has 0 aliphatic carbocycles. The number of nitrogens with two attached hydrogens (primary N) is 1. The van der Waals surface area contributed by atoms with Gasteiger partial charge >= 0.3 is 0 Å². The third-order valence-electron chi connectivity index (χ3n) is 2.84. The van der Waals surface area contributed by atoms with Gasteiger partial charge < -0.3 is 11.1 Å². The standard InChI is InChI=1S/C8H13N3O/c9-7-8(5-6(12)11-7)1-3-10-4-2-8/h10H,1-5H2,(H2,9,11,12). The third-order valence-corrected chi connectivity index (χ3v) is 2.84. The summed E-state index contributed by atoms with van der Waals surface area (Å²) in [6.07, 6.45) is 2.43. The minimum Gasteiger partial charge on any atom is -0.387 e. The number of hydrogen-bond acceptors (Lipinski definition) is 3. The van der Waals surface area contributed by atoms with Crippen LogP contribution < -0.4 is 11.1 Å². The summed E-state index contributed by atoms with van der Waals surface area (Å²) >= 11 is 0. The highest BCUT2D eigenvalue weighted by Gasteiger charge is 2.42. The molecule has 1 amide bonds. The quantitative estimate of drug-likeness (QED) is 0.518. The van der Waals surface area contributed by atoms with Crippen LogP contribution in [0.15, 0.2) is 4.99 Å². The van der Waals surface area contributed by atoms with Crippen molar-refractivity contribution in [1.82, 2.24) is 5.32 Å². The van der Waals surface area contributed by atoms with E-state index in [1.54, 1.807) is 0 Å². The summed E-state index contributed by atoms with van der Waals surface area (Å²) in [5.41, 5.74) is 5.66. The number of nitrogens with zero attached hydrogens (tertiary/aromatic N) is 1. The molecule has 2 heterocycles. The molecule has 12 heavy (non-hydrogen) atoms. The highest BCUT2D eigenvalue weighted by atomic mass is 16.1. The van der Waals surface area contributed by atoms with Crippen LogP contribution in [0.2, 0.25) is 0 Å². The second-order valence-electron chi connectivity index (χ2n) is 3.60. The van der Waals surface area contributed by atoms with Crippen LogP contribution in [0.25, 0.3) is 0 Å². The van der Waals surface area contributed by atoms with E-state index in [0.717, 1.165) is 25.9 Å². The number of carbonyl (C=O) groups is 1. The van der Waals surface area contributed by atoms with Gasteiger partial charge in [-0.05, 0) is 25.9 Å². The molecule has 0 aromatic carbocycles. The highest BCUT2D eigenvalue weighted by molar-refractivity contribution is 6.04. The van der Waals surface area contributed by atoms with Gasteiger partial charge in [0, 0.05) is 11.8 Å². The van der Waals surface area contributed by atoms with Gasteiger partial charge in [0.15, 0.2) is 0 Å². The second kappa shape index (κ2) is 2.55. The lowest BCUT2D eigenvalue weighted by Crippen LogP contribution is -2.43. The fourth-order valence-electron chi connectivity index (χ4n) is 2.01. The molecule has 4 nitrogen and oxygen atoms in total. The Kier molecular flexibility index (Phi) is 1.65. The van der Waals surface area contributed by atoms with Crippen LogP contribution >= 0.6 is 0 Å². The topological polar surface area (TPSA) is 67.5 Å². The van der Waals surface area contributed by atoms with E-state index in [1.807, 2.05) is 0 Å². The van der Waals surface area contributed by atoms with Crippen molar-refractivity contribution >= 4 is 11.7 Å². The van der Waals surface area contributed by atoms with E-state index in [0.29, 0.717) is 12.3 Å². The Bertz CT molecular complexity index is 241. The predicted molar refractivity (Wildman–Crippen MR) is 45.8 cm³/mol. The summed E-state index contributed by atoms with van der Waals surface area (Å²) < 4.78 is 0. The van der Waals surface area contributed by atoms with E-state index in [4.69, 9.17) is 5.73 Å². The number of hydrogen-bond donors (Lipinski definition) is 2. The van der Waals surface area contributed by atoms with E-state index in [9.17, 15) is 4.79 Å². The smallest absolute Gasteiger partial charge is 0.248 e. The van der Waals surface area contributed by atoms with E-state index in [-0.39, 0.29) is 11.3 Å². The molecular weight excluding hydrogens is 154 g/mol. The summed E-state index contributed by atoms with van der Waals surface area (Å²) in [6.45, 7) is 1.90. The fraction of sp³-hybridized carbons (Fsp3) is 0.750. The van der Waals surface area contributed by atoms with E-state index >= 15 is 0 Å². The molecular formula is C8H13N3O. The van der Waals surface area contributed by atoms with Gasteiger partial charge in [0.05, 0.1) is 0 Å². The first-order valence-corrected chi connectivity index (χ1v) is 4.31. The molecule has 1 fully saturated rings. The first kappa shape index (κ1) is 7.73. The van der Waals surface area contributed by atoms with E-state index < -0.39 is 0 Å². The predicted octanol–water partition coefficient (Wildman–Crippen LogP) is -0.356. The van der Waals surface area contributed by atoms with Gasteiger partial charge in [-0.25, -0.2) is 4.99 Å². The van der Waals surface area contributed by atoms with Crippen LogP contribution in [0.5, 0.6) is 0 Å². The molecule has 0 aromatic heterocycles. The van der Waals surface area contributed by atoms with Crippen LogP contribution in [-0.2, 0) is 4.79 Å². The molecule has 0 atom stereocenters. The number of amides is 1. The molecule has 2 aliphatic rings. The van der Waals surface area contributed by atoms with Gasteiger partial charge in [0.25, 0.3) is 0 Å². The van der Waals surface area contributed by atoms with Crippen molar-refractivity contribution in [2.45, 2.75) is 19.3 Å².